The molecule has 8 heteroatoms. The first kappa shape index (κ1) is 36.6. The number of aryl methyl sites for hydroxylation is 1. The summed E-state index contributed by atoms with van der Waals surface area (Å²) >= 11 is 0. The van der Waals surface area contributed by atoms with E-state index in [2.05, 4.69) is 17.6 Å². The number of hydrogen-bond donors (Lipinski definition) is 2. The third kappa shape index (κ3) is 11.9. The maximum absolute atomic E-state index is 14.6. The minimum atomic E-state index is -0.907. The summed E-state index contributed by atoms with van der Waals surface area (Å²) in [5.74, 6) is 0.179. The Bertz CT molecular complexity index is 1200. The van der Waals surface area contributed by atoms with Crippen LogP contribution < -0.4 is 15.4 Å². The number of methoxy groups -OCH3 is 1. The van der Waals surface area contributed by atoms with Crippen molar-refractivity contribution in [2.75, 3.05) is 19.0 Å². The predicted octanol–water partition coefficient (Wildman–Crippen LogP) is 8.12. The molecule has 2 unspecified atom stereocenters. The average Bonchev–Trinajstić information content (AvgIpc) is 2.94. The van der Waals surface area contributed by atoms with E-state index in [-0.39, 0.29) is 17.7 Å². The lowest BCUT2D eigenvalue weighted by atomic mass is 9.94. The standard InChI is InChI=1S/C36H55N3O5/c1-10-11-12-13-14-15-23-39(34(41)31(24-25(2)3)38-35(42)44-36(6,7)8)32(30-18-16-17-26(4)27(30)5)33(40)37-28-19-21-29(43-9)22-20-28/h16-22,25,31-32H,10-15,23-24H2,1-9H3,(H,37,40)(H,38,42). The van der Waals surface area contributed by atoms with Gasteiger partial charge in [-0.05, 0) is 94.3 Å². The fraction of sp³-hybridized carbons (Fsp3) is 0.583. The Balaban J connectivity index is 2.56. The molecule has 0 radical (unpaired) electrons. The number of nitrogens with one attached hydrogen (secondary N) is 2. The van der Waals surface area contributed by atoms with Gasteiger partial charge in [-0.15, -0.1) is 0 Å². The van der Waals surface area contributed by atoms with Crippen LogP contribution >= 0.6 is 0 Å². The third-order valence-electron chi connectivity index (χ3n) is 7.59. The molecule has 0 saturated heterocycles. The first-order valence-electron chi connectivity index (χ1n) is 16.1. The van der Waals surface area contributed by atoms with Crippen LogP contribution in [0.5, 0.6) is 5.75 Å². The van der Waals surface area contributed by atoms with Gasteiger partial charge in [0.1, 0.15) is 23.4 Å². The molecule has 8 nitrogen and oxygen atoms in total. The highest BCUT2D eigenvalue weighted by Gasteiger charge is 2.37. The Morgan fingerprint density at radius 1 is 0.909 bits per heavy atom. The van der Waals surface area contributed by atoms with E-state index in [1.54, 1.807) is 57.0 Å². The number of amides is 3. The zero-order chi connectivity index (χ0) is 32.9. The first-order chi connectivity index (χ1) is 20.8. The fourth-order valence-corrected chi connectivity index (χ4v) is 5.18. The summed E-state index contributed by atoms with van der Waals surface area (Å²) in [5.41, 5.74) is 2.62. The number of alkyl carbamates (subject to hydrolysis) is 1. The van der Waals surface area contributed by atoms with Gasteiger partial charge in [0.15, 0.2) is 0 Å². The Hall–Kier alpha value is -3.55. The van der Waals surface area contributed by atoms with Crippen molar-refractivity contribution < 1.29 is 23.9 Å². The van der Waals surface area contributed by atoms with E-state index in [1.165, 1.54) is 6.42 Å². The molecule has 2 aromatic carbocycles. The number of benzene rings is 2. The van der Waals surface area contributed by atoms with Crippen molar-refractivity contribution in [2.24, 2.45) is 5.92 Å². The van der Waals surface area contributed by atoms with Gasteiger partial charge in [-0.2, -0.15) is 0 Å². The summed E-state index contributed by atoms with van der Waals surface area (Å²) in [6.45, 7) is 15.9. The monoisotopic (exact) mass is 609 g/mol. The van der Waals surface area contributed by atoms with Gasteiger partial charge >= 0.3 is 6.09 Å². The van der Waals surface area contributed by atoms with Crippen molar-refractivity contribution in [3.63, 3.8) is 0 Å². The van der Waals surface area contributed by atoms with Gasteiger partial charge in [-0.25, -0.2) is 4.79 Å². The molecule has 0 aliphatic carbocycles. The van der Waals surface area contributed by atoms with E-state index in [0.717, 1.165) is 48.8 Å². The highest BCUT2D eigenvalue weighted by atomic mass is 16.6. The van der Waals surface area contributed by atoms with Gasteiger partial charge in [0.05, 0.1) is 7.11 Å². The lowest BCUT2D eigenvalue weighted by Crippen LogP contribution is -2.53. The second kappa shape index (κ2) is 17.7. The zero-order valence-corrected chi connectivity index (χ0v) is 28.4. The molecule has 2 aromatic rings. The molecule has 0 aliphatic rings. The number of nitrogens with zero attached hydrogens (tertiary/aromatic N) is 1. The van der Waals surface area contributed by atoms with E-state index in [9.17, 15) is 14.4 Å². The molecule has 3 amide bonds. The molecule has 0 spiro atoms. The summed E-state index contributed by atoms with van der Waals surface area (Å²) in [5, 5.41) is 5.88. The van der Waals surface area contributed by atoms with E-state index >= 15 is 0 Å². The summed E-state index contributed by atoms with van der Waals surface area (Å²) < 4.78 is 10.8. The largest absolute Gasteiger partial charge is 0.497 e. The van der Waals surface area contributed by atoms with Gasteiger partial charge in [0.25, 0.3) is 5.91 Å². The van der Waals surface area contributed by atoms with Crippen LogP contribution in [0.1, 0.15) is 109 Å². The van der Waals surface area contributed by atoms with E-state index in [4.69, 9.17) is 9.47 Å². The number of hydrogen-bond acceptors (Lipinski definition) is 5. The third-order valence-corrected chi connectivity index (χ3v) is 7.59. The Kier molecular flexibility index (Phi) is 14.7. The maximum atomic E-state index is 14.6. The summed E-state index contributed by atoms with van der Waals surface area (Å²) in [7, 11) is 1.59. The molecule has 44 heavy (non-hydrogen) atoms. The Labute approximate surface area is 265 Å². The maximum Gasteiger partial charge on any atom is 0.408 e. The quantitative estimate of drug-likeness (QED) is 0.187. The van der Waals surface area contributed by atoms with Crippen LogP contribution in [0, 0.1) is 19.8 Å². The smallest absolute Gasteiger partial charge is 0.408 e. The van der Waals surface area contributed by atoms with Gasteiger partial charge < -0.3 is 25.0 Å². The SMILES string of the molecule is CCCCCCCCN(C(=O)C(CC(C)C)NC(=O)OC(C)(C)C)C(C(=O)Nc1ccc(OC)cc1)c1cccc(C)c1C. The number of carbonyl (C=O) groups excluding carboxylic acids is 3. The van der Waals surface area contributed by atoms with Crippen LogP contribution in [0.25, 0.3) is 0 Å². The van der Waals surface area contributed by atoms with Crippen LogP contribution in [0.3, 0.4) is 0 Å². The predicted molar refractivity (Wildman–Crippen MR) is 178 cm³/mol. The van der Waals surface area contributed by atoms with Crippen LogP contribution in [0.2, 0.25) is 0 Å². The molecular formula is C36H55N3O5. The first-order valence-corrected chi connectivity index (χ1v) is 16.1. The molecule has 2 N–H and O–H groups in total. The van der Waals surface area contributed by atoms with Crippen molar-refractivity contribution >= 4 is 23.6 Å². The molecular weight excluding hydrogens is 554 g/mol. The molecule has 0 saturated carbocycles. The van der Waals surface area contributed by atoms with Crippen LogP contribution in [0.15, 0.2) is 42.5 Å². The molecule has 0 aromatic heterocycles. The lowest BCUT2D eigenvalue weighted by molar-refractivity contribution is -0.141. The molecule has 2 rings (SSSR count). The van der Waals surface area contributed by atoms with E-state index in [1.807, 2.05) is 45.9 Å². The molecule has 0 heterocycles. The van der Waals surface area contributed by atoms with Crippen molar-refractivity contribution in [2.45, 2.75) is 118 Å². The van der Waals surface area contributed by atoms with E-state index in [0.29, 0.717) is 24.4 Å². The number of carbonyl (C=O) groups is 3. The zero-order valence-electron chi connectivity index (χ0n) is 28.4. The number of anilines is 1. The minimum Gasteiger partial charge on any atom is -0.497 e. The molecule has 244 valence electrons. The second-order valence-electron chi connectivity index (χ2n) is 13.0. The van der Waals surface area contributed by atoms with E-state index < -0.39 is 23.8 Å². The second-order valence-corrected chi connectivity index (χ2v) is 13.0. The van der Waals surface area contributed by atoms with Crippen molar-refractivity contribution in [1.82, 2.24) is 10.2 Å². The summed E-state index contributed by atoms with van der Waals surface area (Å²) in [6, 6.07) is 11.2. The topological polar surface area (TPSA) is 97.0 Å². The van der Waals surface area contributed by atoms with Crippen LogP contribution in [0.4, 0.5) is 10.5 Å². The number of unbranched alkanes of at least 4 members (excludes halogenated alkanes) is 5. The van der Waals surface area contributed by atoms with Crippen LogP contribution in [-0.2, 0) is 14.3 Å². The molecule has 0 fully saturated rings. The lowest BCUT2D eigenvalue weighted by Gasteiger charge is -2.36. The minimum absolute atomic E-state index is 0.113. The van der Waals surface area contributed by atoms with Crippen LogP contribution in [-0.4, -0.2) is 48.1 Å². The highest BCUT2D eigenvalue weighted by Crippen LogP contribution is 2.30. The van der Waals surface area contributed by atoms with Gasteiger partial charge in [-0.1, -0.05) is 71.1 Å². The number of ether oxygens (including phenoxy) is 2. The van der Waals surface area contributed by atoms with Gasteiger partial charge in [0, 0.05) is 12.2 Å². The highest BCUT2D eigenvalue weighted by molar-refractivity contribution is 5.99. The van der Waals surface area contributed by atoms with Crippen molar-refractivity contribution in [3.05, 3.63) is 59.2 Å². The van der Waals surface area contributed by atoms with Gasteiger partial charge in [-0.3, -0.25) is 9.59 Å². The van der Waals surface area contributed by atoms with Crippen molar-refractivity contribution in [3.8, 4) is 5.75 Å². The Morgan fingerprint density at radius 2 is 1.55 bits per heavy atom. The fourth-order valence-electron chi connectivity index (χ4n) is 5.18. The molecule has 0 aliphatic heterocycles. The van der Waals surface area contributed by atoms with Crippen molar-refractivity contribution in [1.29, 1.82) is 0 Å². The normalized spacial score (nSPS) is 12.8. The summed E-state index contributed by atoms with van der Waals surface area (Å²) in [4.78, 5) is 43.4. The van der Waals surface area contributed by atoms with Gasteiger partial charge in [0.2, 0.25) is 5.91 Å². The summed E-state index contributed by atoms with van der Waals surface area (Å²) in [6.07, 6.45) is 5.97. The molecule has 2 atom stereocenters. The number of rotatable bonds is 16. The molecule has 0 bridgehead atoms. The Morgan fingerprint density at radius 3 is 2.14 bits per heavy atom. The average molecular weight is 610 g/mol.